The number of hydrogen-bond acceptors (Lipinski definition) is 3. The second kappa shape index (κ2) is 9.11. The number of rotatable bonds is 12. The monoisotopic (exact) mass is 286 g/mol. The molecule has 4 heteroatoms. The molecule has 0 unspecified atom stereocenters. The van der Waals surface area contributed by atoms with Crippen molar-refractivity contribution in [3.05, 3.63) is 0 Å². The number of carboxylic acids is 1. The molecule has 0 atom stereocenters. The van der Waals surface area contributed by atoms with Crippen molar-refractivity contribution in [1.82, 2.24) is 0 Å². The Balaban J connectivity index is 3.42. The average Bonchev–Trinajstić information content (AvgIpc) is 2.36. The van der Waals surface area contributed by atoms with E-state index in [4.69, 9.17) is 9.84 Å². The highest BCUT2D eigenvalue weighted by Crippen LogP contribution is 2.23. The number of ether oxygens (including phenoxy) is 1. The minimum Gasteiger partial charge on any atom is -0.481 e. The van der Waals surface area contributed by atoms with Gasteiger partial charge in [-0.1, -0.05) is 26.7 Å². The number of hydrogen-bond donors (Lipinski definition) is 1. The van der Waals surface area contributed by atoms with Crippen LogP contribution < -0.4 is 0 Å². The molecule has 0 aliphatic carbocycles. The van der Waals surface area contributed by atoms with E-state index >= 15 is 0 Å². The Bertz CT molecular complexity index is 295. The lowest BCUT2D eigenvalue weighted by molar-refractivity contribution is -0.147. The molecule has 118 valence electrons. The van der Waals surface area contributed by atoms with Crippen LogP contribution in [0.1, 0.15) is 66.2 Å². The Morgan fingerprint density at radius 3 is 1.95 bits per heavy atom. The van der Waals surface area contributed by atoms with E-state index in [9.17, 15) is 9.59 Å². The van der Waals surface area contributed by atoms with Crippen LogP contribution in [0.25, 0.3) is 0 Å². The Morgan fingerprint density at radius 2 is 1.50 bits per heavy atom. The van der Waals surface area contributed by atoms with Gasteiger partial charge < -0.3 is 14.6 Å². The van der Waals surface area contributed by atoms with Gasteiger partial charge in [0, 0.05) is 18.6 Å². The lowest BCUT2D eigenvalue weighted by Gasteiger charge is -2.18. The zero-order valence-electron chi connectivity index (χ0n) is 13.4. The molecule has 0 saturated heterocycles. The van der Waals surface area contributed by atoms with Crippen LogP contribution in [0.4, 0.5) is 0 Å². The Morgan fingerprint density at radius 1 is 1.00 bits per heavy atom. The molecule has 1 N–H and O–H groups in total. The first kappa shape index (κ1) is 19.1. The average molecular weight is 286 g/mol. The van der Waals surface area contributed by atoms with Crippen molar-refractivity contribution in [3.63, 3.8) is 0 Å². The van der Waals surface area contributed by atoms with Gasteiger partial charge >= 0.3 is 5.97 Å². The molecule has 20 heavy (non-hydrogen) atoms. The summed E-state index contributed by atoms with van der Waals surface area (Å²) in [5, 5.41) is 8.97. The third-order valence-electron chi connectivity index (χ3n) is 3.60. The van der Waals surface area contributed by atoms with Gasteiger partial charge in [-0.2, -0.15) is 0 Å². The van der Waals surface area contributed by atoms with E-state index in [1.807, 2.05) is 13.8 Å². The fraction of sp³-hybridized carbons (Fsp3) is 0.875. The van der Waals surface area contributed by atoms with Crippen LogP contribution in [0.3, 0.4) is 0 Å². The number of aldehydes is 1. The first-order valence-corrected chi connectivity index (χ1v) is 7.49. The van der Waals surface area contributed by atoms with Crippen LogP contribution >= 0.6 is 0 Å². The number of carbonyl (C=O) groups is 2. The molecule has 0 aliphatic rings. The summed E-state index contributed by atoms with van der Waals surface area (Å²) in [5.41, 5.74) is -0.858. The highest BCUT2D eigenvalue weighted by atomic mass is 16.5. The summed E-state index contributed by atoms with van der Waals surface area (Å²) >= 11 is 0. The predicted octanol–water partition coefficient (Wildman–Crippen LogP) is 3.68. The van der Waals surface area contributed by atoms with Crippen molar-refractivity contribution >= 4 is 12.3 Å². The smallest absolute Gasteiger partial charge is 0.309 e. The first-order valence-electron chi connectivity index (χ1n) is 7.49. The Kier molecular flexibility index (Phi) is 8.70. The number of carboxylic acid groups (broad SMARTS) is 1. The molecule has 0 fully saturated rings. The van der Waals surface area contributed by atoms with Gasteiger partial charge in [-0.25, -0.2) is 0 Å². The molecule has 0 aliphatic heterocycles. The fourth-order valence-electron chi connectivity index (χ4n) is 1.82. The summed E-state index contributed by atoms with van der Waals surface area (Å²) < 4.78 is 5.52. The molecule has 0 aromatic heterocycles. The van der Waals surface area contributed by atoms with Gasteiger partial charge in [-0.15, -0.1) is 0 Å². The molecule has 0 bridgehead atoms. The van der Waals surface area contributed by atoms with Crippen LogP contribution in [0.2, 0.25) is 0 Å². The van der Waals surface area contributed by atoms with Gasteiger partial charge in [0.1, 0.15) is 6.29 Å². The van der Waals surface area contributed by atoms with Crippen LogP contribution in [0, 0.1) is 10.8 Å². The molecule has 0 aromatic rings. The van der Waals surface area contributed by atoms with E-state index in [-0.39, 0.29) is 5.41 Å². The number of unbranched alkanes of at least 4 members (excludes halogenated alkanes) is 2. The number of carbonyl (C=O) groups excluding carboxylic acids is 1. The van der Waals surface area contributed by atoms with E-state index in [2.05, 4.69) is 0 Å². The summed E-state index contributed by atoms with van der Waals surface area (Å²) in [6.45, 7) is 8.82. The maximum Gasteiger partial charge on any atom is 0.309 e. The van der Waals surface area contributed by atoms with Crippen molar-refractivity contribution < 1.29 is 19.4 Å². The van der Waals surface area contributed by atoms with Gasteiger partial charge in [-0.3, -0.25) is 4.79 Å². The predicted molar refractivity (Wildman–Crippen MR) is 79.8 cm³/mol. The summed E-state index contributed by atoms with van der Waals surface area (Å²) in [4.78, 5) is 21.6. The quantitative estimate of drug-likeness (QED) is 0.439. The lowest BCUT2D eigenvalue weighted by atomic mass is 9.87. The topological polar surface area (TPSA) is 63.6 Å². The molecular formula is C16H30O4. The van der Waals surface area contributed by atoms with Crippen LogP contribution in [0.15, 0.2) is 0 Å². The molecule has 0 aromatic carbocycles. The maximum atomic E-state index is 10.9. The zero-order chi connectivity index (χ0) is 15.6. The lowest BCUT2D eigenvalue weighted by Crippen LogP contribution is -2.23. The minimum absolute atomic E-state index is 0.220. The van der Waals surface area contributed by atoms with E-state index < -0.39 is 11.4 Å². The largest absolute Gasteiger partial charge is 0.481 e. The van der Waals surface area contributed by atoms with Gasteiger partial charge in [0.2, 0.25) is 0 Å². The van der Waals surface area contributed by atoms with Crippen molar-refractivity contribution in [1.29, 1.82) is 0 Å². The van der Waals surface area contributed by atoms with Gasteiger partial charge in [0.15, 0.2) is 0 Å². The van der Waals surface area contributed by atoms with E-state index in [0.29, 0.717) is 13.0 Å². The molecule has 0 rings (SSSR count). The van der Waals surface area contributed by atoms with Crippen LogP contribution in [-0.4, -0.2) is 30.6 Å². The van der Waals surface area contributed by atoms with E-state index in [0.717, 1.165) is 45.0 Å². The SMILES string of the molecule is CC(C)(C=O)CCCCOCCCCC(C)(C)C(=O)O. The zero-order valence-corrected chi connectivity index (χ0v) is 13.4. The minimum atomic E-state index is -0.740. The Hall–Kier alpha value is -0.900. The van der Waals surface area contributed by atoms with Crippen molar-refractivity contribution in [2.24, 2.45) is 10.8 Å². The molecule has 0 saturated carbocycles. The number of aliphatic carboxylic acids is 1. The van der Waals surface area contributed by atoms with Crippen LogP contribution in [0.5, 0.6) is 0 Å². The van der Waals surface area contributed by atoms with Crippen LogP contribution in [-0.2, 0) is 14.3 Å². The van der Waals surface area contributed by atoms with E-state index in [1.165, 1.54) is 0 Å². The molecule has 4 nitrogen and oxygen atoms in total. The maximum absolute atomic E-state index is 10.9. The van der Waals surface area contributed by atoms with Crippen molar-refractivity contribution in [3.8, 4) is 0 Å². The summed E-state index contributed by atoms with van der Waals surface area (Å²) in [6, 6.07) is 0. The van der Waals surface area contributed by atoms with Crippen molar-refractivity contribution in [2.75, 3.05) is 13.2 Å². The Labute approximate surface area is 122 Å². The summed E-state index contributed by atoms with van der Waals surface area (Å²) in [6.07, 6.45) is 6.33. The second-order valence-corrected chi connectivity index (χ2v) is 6.82. The van der Waals surface area contributed by atoms with Gasteiger partial charge in [-0.05, 0) is 39.5 Å². The van der Waals surface area contributed by atoms with Gasteiger partial charge in [0.05, 0.1) is 5.41 Å². The molecule has 0 radical (unpaired) electrons. The summed E-state index contributed by atoms with van der Waals surface area (Å²) in [7, 11) is 0. The fourth-order valence-corrected chi connectivity index (χ4v) is 1.82. The summed E-state index contributed by atoms with van der Waals surface area (Å²) in [5.74, 6) is -0.740. The van der Waals surface area contributed by atoms with E-state index in [1.54, 1.807) is 13.8 Å². The molecule has 0 amide bonds. The molecular weight excluding hydrogens is 256 g/mol. The first-order chi connectivity index (χ1) is 9.21. The highest BCUT2D eigenvalue weighted by molar-refractivity contribution is 5.73. The molecule has 0 spiro atoms. The third kappa shape index (κ3) is 9.08. The third-order valence-corrected chi connectivity index (χ3v) is 3.60. The normalized spacial score (nSPS) is 12.4. The highest BCUT2D eigenvalue weighted by Gasteiger charge is 2.25. The van der Waals surface area contributed by atoms with Crippen molar-refractivity contribution in [2.45, 2.75) is 66.2 Å². The van der Waals surface area contributed by atoms with Gasteiger partial charge in [0.25, 0.3) is 0 Å². The molecule has 0 heterocycles. The standard InChI is InChI=1S/C16H30O4/c1-15(2,13-17)9-5-7-11-20-12-8-6-10-16(3,4)14(18)19/h13H,5-12H2,1-4H3,(H,18,19). The second-order valence-electron chi connectivity index (χ2n) is 6.82.